The SMILES string of the molecule is O=C(O)c1sc(-c2cccnc2)nc1-c1ccccn1. The third-order valence-electron chi connectivity index (χ3n) is 2.64. The maximum absolute atomic E-state index is 11.4. The first-order valence-electron chi connectivity index (χ1n) is 5.81. The highest BCUT2D eigenvalue weighted by Gasteiger charge is 2.20. The van der Waals surface area contributed by atoms with Gasteiger partial charge in [0, 0.05) is 24.2 Å². The van der Waals surface area contributed by atoms with Gasteiger partial charge in [-0.15, -0.1) is 11.3 Å². The Morgan fingerprint density at radius 2 is 2.05 bits per heavy atom. The normalized spacial score (nSPS) is 10.4. The summed E-state index contributed by atoms with van der Waals surface area (Å²) in [5.74, 6) is -1.00. The number of carboxylic acid groups (broad SMARTS) is 1. The average molecular weight is 283 g/mol. The van der Waals surface area contributed by atoms with Crippen LogP contribution in [0.2, 0.25) is 0 Å². The molecule has 3 heterocycles. The second kappa shape index (κ2) is 5.18. The lowest BCUT2D eigenvalue weighted by molar-refractivity contribution is 0.0702. The summed E-state index contributed by atoms with van der Waals surface area (Å²) in [6.07, 6.45) is 4.94. The van der Waals surface area contributed by atoms with E-state index < -0.39 is 5.97 Å². The van der Waals surface area contributed by atoms with Gasteiger partial charge >= 0.3 is 5.97 Å². The smallest absolute Gasteiger partial charge is 0.348 e. The molecule has 3 aromatic heterocycles. The van der Waals surface area contributed by atoms with Crippen molar-refractivity contribution in [3.05, 3.63) is 53.8 Å². The van der Waals surface area contributed by atoms with E-state index in [2.05, 4.69) is 15.0 Å². The number of aromatic carboxylic acids is 1. The van der Waals surface area contributed by atoms with Gasteiger partial charge in [-0.1, -0.05) is 6.07 Å². The Morgan fingerprint density at radius 1 is 1.15 bits per heavy atom. The zero-order chi connectivity index (χ0) is 13.9. The van der Waals surface area contributed by atoms with Crippen molar-refractivity contribution in [1.29, 1.82) is 0 Å². The molecule has 98 valence electrons. The summed E-state index contributed by atoms with van der Waals surface area (Å²) in [5.41, 5.74) is 1.74. The summed E-state index contributed by atoms with van der Waals surface area (Å²) < 4.78 is 0. The highest BCUT2D eigenvalue weighted by Crippen LogP contribution is 2.32. The van der Waals surface area contributed by atoms with E-state index in [1.807, 2.05) is 6.07 Å². The maximum atomic E-state index is 11.4. The van der Waals surface area contributed by atoms with Gasteiger partial charge < -0.3 is 5.11 Å². The van der Waals surface area contributed by atoms with Crippen molar-refractivity contribution in [3.8, 4) is 22.0 Å². The van der Waals surface area contributed by atoms with Crippen LogP contribution in [-0.4, -0.2) is 26.0 Å². The van der Waals surface area contributed by atoms with Gasteiger partial charge in [0.25, 0.3) is 0 Å². The minimum absolute atomic E-state index is 0.183. The number of pyridine rings is 2. The molecule has 6 heteroatoms. The lowest BCUT2D eigenvalue weighted by Crippen LogP contribution is -1.96. The van der Waals surface area contributed by atoms with Crippen LogP contribution in [0.25, 0.3) is 22.0 Å². The summed E-state index contributed by atoms with van der Waals surface area (Å²) >= 11 is 1.12. The molecule has 0 spiro atoms. The lowest BCUT2D eigenvalue weighted by atomic mass is 10.2. The van der Waals surface area contributed by atoms with Crippen molar-refractivity contribution in [2.75, 3.05) is 0 Å². The largest absolute Gasteiger partial charge is 0.477 e. The highest BCUT2D eigenvalue weighted by molar-refractivity contribution is 7.17. The second-order valence-electron chi connectivity index (χ2n) is 3.96. The van der Waals surface area contributed by atoms with Gasteiger partial charge in [0.2, 0.25) is 0 Å². The summed E-state index contributed by atoms with van der Waals surface area (Å²) in [7, 11) is 0. The molecule has 0 saturated heterocycles. The Bertz CT molecular complexity index is 742. The Kier molecular flexibility index (Phi) is 3.22. The van der Waals surface area contributed by atoms with Crippen molar-refractivity contribution >= 4 is 17.3 Å². The summed E-state index contributed by atoms with van der Waals surface area (Å²) in [6.45, 7) is 0. The van der Waals surface area contributed by atoms with E-state index >= 15 is 0 Å². The molecule has 0 unspecified atom stereocenters. The Hall–Kier alpha value is -2.60. The van der Waals surface area contributed by atoms with Crippen molar-refractivity contribution in [2.45, 2.75) is 0 Å². The van der Waals surface area contributed by atoms with E-state index in [0.29, 0.717) is 16.4 Å². The van der Waals surface area contributed by atoms with Gasteiger partial charge in [0.15, 0.2) is 0 Å². The Balaban J connectivity index is 2.15. The van der Waals surface area contributed by atoms with Crippen LogP contribution in [0.4, 0.5) is 0 Å². The number of thiazole rings is 1. The molecule has 20 heavy (non-hydrogen) atoms. The van der Waals surface area contributed by atoms with Crippen LogP contribution in [0.5, 0.6) is 0 Å². The molecule has 3 aromatic rings. The summed E-state index contributed by atoms with van der Waals surface area (Å²) in [4.78, 5) is 24.1. The predicted molar refractivity (Wildman–Crippen MR) is 75.5 cm³/mol. The number of hydrogen-bond acceptors (Lipinski definition) is 5. The number of carboxylic acids is 1. The van der Waals surface area contributed by atoms with Gasteiger partial charge in [-0.25, -0.2) is 9.78 Å². The molecule has 0 aliphatic carbocycles. The number of nitrogens with zero attached hydrogens (tertiary/aromatic N) is 3. The topological polar surface area (TPSA) is 76.0 Å². The number of rotatable bonds is 3. The summed E-state index contributed by atoms with van der Waals surface area (Å²) in [6, 6.07) is 8.96. The van der Waals surface area contributed by atoms with Crippen molar-refractivity contribution in [2.24, 2.45) is 0 Å². The number of hydrogen-bond donors (Lipinski definition) is 1. The Labute approximate surface area is 118 Å². The van der Waals surface area contributed by atoms with E-state index in [1.54, 1.807) is 42.9 Å². The first-order valence-corrected chi connectivity index (χ1v) is 6.63. The van der Waals surface area contributed by atoms with E-state index in [1.165, 1.54) is 0 Å². The van der Waals surface area contributed by atoms with Crippen molar-refractivity contribution < 1.29 is 9.90 Å². The van der Waals surface area contributed by atoms with Crippen LogP contribution in [-0.2, 0) is 0 Å². The lowest BCUT2D eigenvalue weighted by Gasteiger charge is -1.96. The van der Waals surface area contributed by atoms with Crippen molar-refractivity contribution in [1.82, 2.24) is 15.0 Å². The van der Waals surface area contributed by atoms with E-state index in [-0.39, 0.29) is 4.88 Å². The van der Waals surface area contributed by atoms with Gasteiger partial charge in [-0.3, -0.25) is 9.97 Å². The van der Waals surface area contributed by atoms with Crippen molar-refractivity contribution in [3.63, 3.8) is 0 Å². The van der Waals surface area contributed by atoms with Crippen LogP contribution in [0.3, 0.4) is 0 Å². The molecule has 0 atom stereocenters. The van der Waals surface area contributed by atoms with Gasteiger partial charge in [0.1, 0.15) is 15.6 Å². The summed E-state index contributed by atoms with van der Waals surface area (Å²) in [5, 5.41) is 9.94. The van der Waals surface area contributed by atoms with Crippen LogP contribution < -0.4 is 0 Å². The molecular formula is C14H9N3O2S. The third kappa shape index (κ3) is 2.28. The minimum atomic E-state index is -1.00. The van der Waals surface area contributed by atoms with Gasteiger partial charge in [0.05, 0.1) is 5.69 Å². The standard InChI is InChI=1S/C14H9N3O2S/c18-14(19)12-11(10-5-1-2-7-16-10)17-13(20-12)9-4-3-6-15-8-9/h1-8H,(H,18,19). The fraction of sp³-hybridized carbons (Fsp3) is 0. The average Bonchev–Trinajstić information content (AvgIpc) is 2.94. The molecule has 0 saturated carbocycles. The zero-order valence-corrected chi connectivity index (χ0v) is 11.0. The third-order valence-corrected chi connectivity index (χ3v) is 3.73. The molecular weight excluding hydrogens is 274 g/mol. The molecule has 0 aromatic carbocycles. The quantitative estimate of drug-likeness (QED) is 0.799. The number of aromatic nitrogens is 3. The van der Waals surface area contributed by atoms with E-state index in [0.717, 1.165) is 16.9 Å². The maximum Gasteiger partial charge on any atom is 0.348 e. The van der Waals surface area contributed by atoms with E-state index in [4.69, 9.17) is 0 Å². The first kappa shape index (κ1) is 12.4. The zero-order valence-electron chi connectivity index (χ0n) is 10.2. The predicted octanol–water partition coefficient (Wildman–Crippen LogP) is 2.97. The van der Waals surface area contributed by atoms with Crippen LogP contribution in [0.15, 0.2) is 48.9 Å². The Morgan fingerprint density at radius 3 is 2.70 bits per heavy atom. The minimum Gasteiger partial charge on any atom is -0.477 e. The van der Waals surface area contributed by atoms with Crippen LogP contribution >= 0.6 is 11.3 Å². The number of carbonyl (C=O) groups is 1. The second-order valence-corrected chi connectivity index (χ2v) is 4.96. The van der Waals surface area contributed by atoms with Gasteiger partial charge in [-0.05, 0) is 24.3 Å². The fourth-order valence-corrected chi connectivity index (χ4v) is 2.66. The first-order chi connectivity index (χ1) is 9.75. The van der Waals surface area contributed by atoms with E-state index in [9.17, 15) is 9.90 Å². The highest BCUT2D eigenvalue weighted by atomic mass is 32.1. The van der Waals surface area contributed by atoms with Crippen LogP contribution in [0, 0.1) is 0 Å². The molecule has 0 bridgehead atoms. The molecule has 0 aliphatic rings. The molecule has 0 aliphatic heterocycles. The van der Waals surface area contributed by atoms with Gasteiger partial charge in [-0.2, -0.15) is 0 Å². The monoisotopic (exact) mass is 283 g/mol. The molecule has 0 amide bonds. The van der Waals surface area contributed by atoms with Crippen LogP contribution in [0.1, 0.15) is 9.67 Å². The molecule has 0 fully saturated rings. The molecule has 0 radical (unpaired) electrons. The molecule has 1 N–H and O–H groups in total. The molecule has 3 rings (SSSR count). The fourth-order valence-electron chi connectivity index (χ4n) is 1.75. The molecule has 5 nitrogen and oxygen atoms in total.